The molecule has 1 saturated carbocycles. The fourth-order valence-electron chi connectivity index (χ4n) is 6.02. The highest BCUT2D eigenvalue weighted by Gasteiger charge is 2.51. The Kier molecular flexibility index (Phi) is 8.92. The third kappa shape index (κ3) is 6.55. The minimum Gasteiger partial charge on any atom is -0.330 e. The summed E-state index contributed by atoms with van der Waals surface area (Å²) in [5.41, 5.74) is 2.33. The Bertz CT molecular complexity index is 1070. The van der Waals surface area contributed by atoms with Gasteiger partial charge in [0.15, 0.2) is 0 Å². The van der Waals surface area contributed by atoms with Gasteiger partial charge in [0.2, 0.25) is 17.7 Å². The molecule has 37 heavy (non-hydrogen) atoms. The quantitative estimate of drug-likeness (QED) is 0.315. The molecule has 2 unspecified atom stereocenters. The van der Waals surface area contributed by atoms with Gasteiger partial charge in [0.25, 0.3) is 0 Å². The van der Waals surface area contributed by atoms with Crippen LogP contribution in [0.4, 0.5) is 10.1 Å². The van der Waals surface area contributed by atoms with Crippen molar-refractivity contribution < 1.29 is 24.0 Å². The van der Waals surface area contributed by atoms with Gasteiger partial charge in [0.1, 0.15) is 11.9 Å². The van der Waals surface area contributed by atoms with Gasteiger partial charge in [0, 0.05) is 18.7 Å². The van der Waals surface area contributed by atoms with Crippen molar-refractivity contribution in [1.82, 2.24) is 10.4 Å². The normalized spacial score (nSPS) is 21.0. The van der Waals surface area contributed by atoms with Crippen LogP contribution in [-0.2, 0) is 20.8 Å². The molecule has 0 radical (unpaired) electrons. The first-order valence-corrected chi connectivity index (χ1v) is 13.3. The van der Waals surface area contributed by atoms with Gasteiger partial charge in [-0.15, -0.1) is 0 Å². The van der Waals surface area contributed by atoms with Crippen molar-refractivity contribution in [2.45, 2.75) is 70.3 Å². The SMILES string of the molecule is O=C(CC1(CCCc2ccc(F)cc2)CCN(C(C(=O)Nc2ccccc2)C2CCCCC2)C1=O)NO. The van der Waals surface area contributed by atoms with E-state index >= 15 is 0 Å². The van der Waals surface area contributed by atoms with Gasteiger partial charge in [-0.2, -0.15) is 0 Å². The molecular formula is C29H36FN3O4. The Balaban J connectivity index is 1.54. The van der Waals surface area contributed by atoms with Crippen molar-refractivity contribution in [3.8, 4) is 0 Å². The summed E-state index contributed by atoms with van der Waals surface area (Å²) >= 11 is 0. The summed E-state index contributed by atoms with van der Waals surface area (Å²) in [7, 11) is 0. The number of hydrogen-bond acceptors (Lipinski definition) is 4. The highest BCUT2D eigenvalue weighted by atomic mass is 19.1. The minimum absolute atomic E-state index is 0.0584. The number of nitrogens with zero attached hydrogens (tertiary/aromatic N) is 1. The Morgan fingerprint density at radius 3 is 2.43 bits per heavy atom. The van der Waals surface area contributed by atoms with E-state index in [9.17, 15) is 24.0 Å². The van der Waals surface area contributed by atoms with Crippen molar-refractivity contribution in [2.75, 3.05) is 11.9 Å². The molecule has 1 aliphatic heterocycles. The predicted octanol–water partition coefficient (Wildman–Crippen LogP) is 4.85. The molecule has 7 nitrogen and oxygen atoms in total. The number of amides is 3. The van der Waals surface area contributed by atoms with Crippen LogP contribution in [0.3, 0.4) is 0 Å². The maximum atomic E-state index is 14.0. The number of para-hydroxylation sites is 1. The molecule has 0 bridgehead atoms. The first kappa shape index (κ1) is 26.8. The molecule has 2 atom stereocenters. The number of hydroxylamine groups is 1. The van der Waals surface area contributed by atoms with E-state index < -0.39 is 17.4 Å². The average Bonchev–Trinajstić information content (AvgIpc) is 3.21. The van der Waals surface area contributed by atoms with Gasteiger partial charge in [-0.05, 0) is 74.3 Å². The Labute approximate surface area is 217 Å². The second-order valence-corrected chi connectivity index (χ2v) is 10.4. The molecule has 2 aliphatic rings. The lowest BCUT2D eigenvalue weighted by molar-refractivity contribution is -0.147. The summed E-state index contributed by atoms with van der Waals surface area (Å²) in [6.07, 6.45) is 6.92. The lowest BCUT2D eigenvalue weighted by atomic mass is 9.77. The van der Waals surface area contributed by atoms with Crippen LogP contribution in [-0.4, -0.2) is 40.4 Å². The zero-order valence-corrected chi connectivity index (χ0v) is 21.1. The largest absolute Gasteiger partial charge is 0.330 e. The van der Waals surface area contributed by atoms with Crippen LogP contribution in [0, 0.1) is 17.2 Å². The summed E-state index contributed by atoms with van der Waals surface area (Å²) in [5, 5.41) is 12.2. The van der Waals surface area contributed by atoms with Gasteiger partial charge in [-0.3, -0.25) is 19.6 Å². The van der Waals surface area contributed by atoms with Gasteiger partial charge in [0.05, 0.1) is 5.41 Å². The van der Waals surface area contributed by atoms with Crippen LogP contribution in [0.15, 0.2) is 54.6 Å². The standard InChI is InChI=1S/C29H36FN3O4/c30-23-15-13-21(14-16-23)8-7-17-29(20-25(34)32-37)18-19-33(28(29)36)26(22-9-3-1-4-10-22)27(35)31-24-11-5-2-6-12-24/h2,5-6,11-16,22,26,37H,1,3-4,7-10,17-20H2,(H,31,35)(H,32,34). The van der Waals surface area contributed by atoms with Gasteiger partial charge in [-0.1, -0.05) is 49.6 Å². The molecule has 2 fully saturated rings. The van der Waals surface area contributed by atoms with Crippen LogP contribution in [0.25, 0.3) is 0 Å². The van der Waals surface area contributed by atoms with Crippen molar-refractivity contribution in [3.05, 3.63) is 66.0 Å². The molecule has 2 aromatic rings. The first-order valence-electron chi connectivity index (χ1n) is 13.3. The van der Waals surface area contributed by atoms with E-state index in [0.29, 0.717) is 37.9 Å². The summed E-state index contributed by atoms with van der Waals surface area (Å²) < 4.78 is 13.3. The molecule has 3 N–H and O–H groups in total. The number of anilines is 1. The fraction of sp³-hybridized carbons (Fsp3) is 0.483. The number of benzene rings is 2. The third-order valence-electron chi connectivity index (χ3n) is 7.95. The maximum Gasteiger partial charge on any atom is 0.247 e. The molecule has 0 aromatic heterocycles. The number of nitrogens with one attached hydrogen (secondary N) is 2. The van der Waals surface area contributed by atoms with E-state index in [2.05, 4.69) is 5.32 Å². The van der Waals surface area contributed by atoms with Gasteiger partial charge in [-0.25, -0.2) is 9.87 Å². The molecule has 3 amide bonds. The Morgan fingerprint density at radius 1 is 1.05 bits per heavy atom. The first-order chi connectivity index (χ1) is 17.9. The smallest absolute Gasteiger partial charge is 0.247 e. The third-order valence-corrected chi connectivity index (χ3v) is 7.95. The van der Waals surface area contributed by atoms with E-state index in [1.54, 1.807) is 22.5 Å². The van der Waals surface area contributed by atoms with Crippen molar-refractivity contribution >= 4 is 23.4 Å². The molecule has 198 valence electrons. The average molecular weight is 510 g/mol. The van der Waals surface area contributed by atoms with Crippen LogP contribution in [0.1, 0.15) is 63.4 Å². The molecular weight excluding hydrogens is 473 g/mol. The summed E-state index contributed by atoms with van der Waals surface area (Å²) in [4.78, 5) is 41.6. The van der Waals surface area contributed by atoms with E-state index in [-0.39, 0.29) is 30.0 Å². The second kappa shape index (κ2) is 12.3. The number of carbonyl (C=O) groups is 3. The van der Waals surface area contributed by atoms with Gasteiger partial charge >= 0.3 is 0 Å². The van der Waals surface area contributed by atoms with E-state index in [4.69, 9.17) is 0 Å². The maximum absolute atomic E-state index is 14.0. The lowest BCUT2D eigenvalue weighted by Gasteiger charge is -2.37. The monoisotopic (exact) mass is 509 g/mol. The van der Waals surface area contributed by atoms with Gasteiger partial charge < -0.3 is 10.2 Å². The van der Waals surface area contributed by atoms with E-state index in [0.717, 1.165) is 37.7 Å². The summed E-state index contributed by atoms with van der Waals surface area (Å²) in [5.74, 6) is -1.25. The molecule has 1 saturated heterocycles. The molecule has 0 spiro atoms. The van der Waals surface area contributed by atoms with Crippen LogP contribution in [0.2, 0.25) is 0 Å². The van der Waals surface area contributed by atoms with Crippen LogP contribution in [0.5, 0.6) is 0 Å². The summed E-state index contributed by atoms with van der Waals surface area (Å²) in [6, 6.07) is 14.9. The molecule has 1 aliphatic carbocycles. The number of carbonyl (C=O) groups excluding carboxylic acids is 3. The van der Waals surface area contributed by atoms with Crippen LogP contribution >= 0.6 is 0 Å². The zero-order chi connectivity index (χ0) is 26.3. The second-order valence-electron chi connectivity index (χ2n) is 10.4. The molecule has 4 rings (SSSR count). The van der Waals surface area contributed by atoms with Crippen molar-refractivity contribution in [3.63, 3.8) is 0 Å². The fourth-order valence-corrected chi connectivity index (χ4v) is 6.02. The summed E-state index contributed by atoms with van der Waals surface area (Å²) in [6.45, 7) is 0.386. The van der Waals surface area contributed by atoms with Crippen molar-refractivity contribution in [2.24, 2.45) is 11.3 Å². The number of aryl methyl sites for hydroxylation is 1. The number of likely N-dealkylation sites (tertiary alicyclic amines) is 1. The minimum atomic E-state index is -0.993. The Hall–Kier alpha value is -3.26. The zero-order valence-electron chi connectivity index (χ0n) is 21.1. The lowest BCUT2D eigenvalue weighted by Crippen LogP contribution is -2.52. The van der Waals surface area contributed by atoms with E-state index in [1.807, 2.05) is 30.3 Å². The van der Waals surface area contributed by atoms with Crippen LogP contribution < -0.4 is 10.8 Å². The topological polar surface area (TPSA) is 98.7 Å². The highest BCUT2D eigenvalue weighted by molar-refractivity contribution is 5.99. The highest BCUT2D eigenvalue weighted by Crippen LogP contribution is 2.43. The molecule has 8 heteroatoms. The number of halogens is 1. The number of hydrogen-bond donors (Lipinski definition) is 3. The predicted molar refractivity (Wildman–Crippen MR) is 138 cm³/mol. The Morgan fingerprint density at radius 2 is 1.76 bits per heavy atom. The molecule has 1 heterocycles. The number of rotatable bonds is 10. The van der Waals surface area contributed by atoms with Crippen molar-refractivity contribution in [1.29, 1.82) is 0 Å². The van der Waals surface area contributed by atoms with E-state index in [1.165, 1.54) is 12.1 Å². The molecule has 2 aromatic carbocycles.